The van der Waals surface area contributed by atoms with E-state index in [0.717, 1.165) is 0 Å². The molecule has 1 aromatic carbocycles. The molecule has 2 fully saturated rings. The summed E-state index contributed by atoms with van der Waals surface area (Å²) in [6, 6.07) is 11.7. The van der Waals surface area contributed by atoms with E-state index >= 15 is 0 Å². The summed E-state index contributed by atoms with van der Waals surface area (Å²) in [5.74, 6) is 0.756. The van der Waals surface area contributed by atoms with Crippen molar-refractivity contribution < 1.29 is 33.3 Å². The van der Waals surface area contributed by atoms with Crippen molar-refractivity contribution in [3.63, 3.8) is 0 Å². The molecule has 0 bridgehead atoms. The van der Waals surface area contributed by atoms with Crippen LogP contribution in [0.1, 0.15) is 19.0 Å². The lowest BCUT2D eigenvalue weighted by atomic mass is 9.96. The van der Waals surface area contributed by atoms with E-state index in [4.69, 9.17) is 23.4 Å². The quantitative estimate of drug-likeness (QED) is 0.832. The van der Waals surface area contributed by atoms with E-state index in [1.54, 1.807) is 24.3 Å². The van der Waals surface area contributed by atoms with Gasteiger partial charge in [-0.1, -0.05) is 18.2 Å². The Bertz CT molecular complexity index is 751. The van der Waals surface area contributed by atoms with E-state index in [1.807, 2.05) is 18.2 Å². The summed E-state index contributed by atoms with van der Waals surface area (Å²) in [6.07, 6.45) is -2.43. The summed E-state index contributed by atoms with van der Waals surface area (Å²) in [5.41, 5.74) is 0. The second-order valence-corrected chi connectivity index (χ2v) is 6.47. The predicted octanol–water partition coefficient (Wildman–Crippen LogP) is 1.36. The summed E-state index contributed by atoms with van der Waals surface area (Å²) in [6.45, 7) is 1.56. The van der Waals surface area contributed by atoms with E-state index in [2.05, 4.69) is 5.32 Å². The first-order valence-electron chi connectivity index (χ1n) is 8.74. The number of amides is 1. The van der Waals surface area contributed by atoms with Gasteiger partial charge < -0.3 is 33.8 Å². The highest BCUT2D eigenvalue weighted by molar-refractivity contribution is 5.73. The number of hydrogen-bond acceptors (Lipinski definition) is 7. The number of ether oxygens (including phenoxy) is 4. The SMILES string of the molecule is CC(=O)N[C@@H]1[C@H](Oc2ccccc2)O[C@@H]2CO[C@H](c3ccco3)O[C@H]2[C@H]1O. The molecule has 2 saturated heterocycles. The van der Waals surface area contributed by atoms with Gasteiger partial charge in [0.05, 0.1) is 12.9 Å². The van der Waals surface area contributed by atoms with Crippen LogP contribution in [0.25, 0.3) is 0 Å². The zero-order valence-electron chi connectivity index (χ0n) is 14.7. The van der Waals surface area contributed by atoms with Gasteiger partial charge in [-0.25, -0.2) is 0 Å². The predicted molar refractivity (Wildman–Crippen MR) is 91.6 cm³/mol. The molecule has 2 N–H and O–H groups in total. The summed E-state index contributed by atoms with van der Waals surface area (Å²) in [7, 11) is 0. The van der Waals surface area contributed by atoms with Crippen LogP contribution in [0, 0.1) is 0 Å². The molecule has 6 atom stereocenters. The Hall–Kier alpha value is -2.39. The molecular formula is C19H21NO7. The van der Waals surface area contributed by atoms with Crippen molar-refractivity contribution in [3.05, 3.63) is 54.5 Å². The average Bonchev–Trinajstić information content (AvgIpc) is 3.20. The smallest absolute Gasteiger partial charge is 0.223 e. The van der Waals surface area contributed by atoms with Crippen LogP contribution in [0.2, 0.25) is 0 Å². The first-order chi connectivity index (χ1) is 13.1. The van der Waals surface area contributed by atoms with Gasteiger partial charge in [0.2, 0.25) is 18.5 Å². The van der Waals surface area contributed by atoms with Crippen molar-refractivity contribution in [2.45, 2.75) is 43.9 Å². The van der Waals surface area contributed by atoms with E-state index < -0.39 is 36.9 Å². The largest absolute Gasteiger partial charge is 0.464 e. The maximum Gasteiger partial charge on any atom is 0.223 e. The fourth-order valence-corrected chi connectivity index (χ4v) is 3.28. The topological polar surface area (TPSA) is 99.4 Å². The molecule has 3 heterocycles. The van der Waals surface area contributed by atoms with E-state index in [-0.39, 0.29) is 12.5 Å². The van der Waals surface area contributed by atoms with Crippen LogP contribution in [0.15, 0.2) is 53.1 Å². The zero-order valence-corrected chi connectivity index (χ0v) is 14.7. The number of para-hydroxylation sites is 1. The molecule has 4 rings (SSSR count). The minimum Gasteiger partial charge on any atom is -0.464 e. The fraction of sp³-hybridized carbons (Fsp3) is 0.421. The van der Waals surface area contributed by atoms with Gasteiger partial charge in [0, 0.05) is 6.92 Å². The summed E-state index contributed by atoms with van der Waals surface area (Å²) in [4.78, 5) is 11.7. The Morgan fingerprint density at radius 2 is 2.00 bits per heavy atom. The second kappa shape index (κ2) is 7.69. The fourth-order valence-electron chi connectivity index (χ4n) is 3.28. The highest BCUT2D eigenvalue weighted by Crippen LogP contribution is 2.34. The van der Waals surface area contributed by atoms with Gasteiger partial charge in [-0.15, -0.1) is 0 Å². The van der Waals surface area contributed by atoms with Crippen molar-refractivity contribution in [1.82, 2.24) is 5.32 Å². The molecule has 0 radical (unpaired) electrons. The van der Waals surface area contributed by atoms with Crippen molar-refractivity contribution >= 4 is 5.91 Å². The lowest BCUT2D eigenvalue weighted by Gasteiger charge is -2.47. The highest BCUT2D eigenvalue weighted by Gasteiger charge is 2.51. The molecule has 8 nitrogen and oxygen atoms in total. The number of benzene rings is 1. The van der Waals surface area contributed by atoms with Gasteiger partial charge >= 0.3 is 0 Å². The molecule has 1 amide bonds. The number of nitrogens with one attached hydrogen (secondary N) is 1. The van der Waals surface area contributed by atoms with Crippen LogP contribution in [0.3, 0.4) is 0 Å². The number of carbonyl (C=O) groups excluding carboxylic acids is 1. The van der Waals surface area contributed by atoms with E-state index in [9.17, 15) is 9.90 Å². The maximum atomic E-state index is 11.7. The molecular weight excluding hydrogens is 354 g/mol. The molecule has 0 aliphatic carbocycles. The third-order valence-corrected chi connectivity index (χ3v) is 4.51. The number of furan rings is 1. The number of aliphatic hydroxyl groups is 1. The lowest BCUT2D eigenvalue weighted by Crippen LogP contribution is -2.67. The number of carbonyl (C=O) groups is 1. The first kappa shape index (κ1) is 18.0. The molecule has 144 valence electrons. The Balaban J connectivity index is 1.53. The Morgan fingerprint density at radius 1 is 1.19 bits per heavy atom. The number of fused-ring (bicyclic) bond motifs is 1. The van der Waals surface area contributed by atoms with Crippen LogP contribution in [0.4, 0.5) is 0 Å². The normalized spacial score (nSPS) is 33.1. The van der Waals surface area contributed by atoms with Gasteiger partial charge in [0.25, 0.3) is 0 Å². The Morgan fingerprint density at radius 3 is 2.70 bits per heavy atom. The molecule has 0 saturated carbocycles. The molecule has 0 unspecified atom stereocenters. The van der Waals surface area contributed by atoms with Gasteiger partial charge in [-0.3, -0.25) is 4.79 Å². The minimum absolute atomic E-state index is 0.189. The summed E-state index contributed by atoms with van der Waals surface area (Å²) < 4.78 is 28.7. The average molecular weight is 375 g/mol. The molecule has 0 spiro atoms. The van der Waals surface area contributed by atoms with Gasteiger partial charge in [0.1, 0.15) is 30.1 Å². The number of rotatable bonds is 4. The third-order valence-electron chi connectivity index (χ3n) is 4.51. The summed E-state index contributed by atoms with van der Waals surface area (Å²) >= 11 is 0. The first-order valence-corrected chi connectivity index (χ1v) is 8.74. The minimum atomic E-state index is -1.05. The van der Waals surface area contributed by atoms with Gasteiger partial charge in [-0.2, -0.15) is 0 Å². The van der Waals surface area contributed by atoms with Crippen molar-refractivity contribution in [2.24, 2.45) is 0 Å². The maximum absolute atomic E-state index is 11.7. The van der Waals surface area contributed by atoms with Crippen LogP contribution in [-0.4, -0.2) is 48.3 Å². The van der Waals surface area contributed by atoms with E-state index in [1.165, 1.54) is 13.2 Å². The molecule has 2 aliphatic rings. The zero-order chi connectivity index (χ0) is 18.8. The van der Waals surface area contributed by atoms with Crippen LogP contribution >= 0.6 is 0 Å². The summed E-state index contributed by atoms with van der Waals surface area (Å²) in [5, 5.41) is 13.6. The second-order valence-electron chi connectivity index (χ2n) is 6.47. The van der Waals surface area contributed by atoms with Crippen LogP contribution in [-0.2, 0) is 19.0 Å². The highest BCUT2D eigenvalue weighted by atomic mass is 16.8. The van der Waals surface area contributed by atoms with Crippen molar-refractivity contribution in [1.29, 1.82) is 0 Å². The van der Waals surface area contributed by atoms with Crippen LogP contribution in [0.5, 0.6) is 5.75 Å². The molecule has 8 heteroatoms. The van der Waals surface area contributed by atoms with Crippen molar-refractivity contribution in [3.8, 4) is 5.75 Å². The lowest BCUT2D eigenvalue weighted by molar-refractivity contribution is -0.336. The molecule has 2 aliphatic heterocycles. The molecule has 2 aromatic rings. The van der Waals surface area contributed by atoms with Crippen molar-refractivity contribution in [2.75, 3.05) is 6.61 Å². The Kier molecular flexibility index (Phi) is 5.13. The van der Waals surface area contributed by atoms with E-state index in [0.29, 0.717) is 11.5 Å². The molecule has 1 aromatic heterocycles. The van der Waals surface area contributed by atoms with Gasteiger partial charge in [-0.05, 0) is 24.3 Å². The standard InChI is InChI=1S/C19H21NO7/c1-11(21)20-15-16(22)17-14(10-24-18(27-17)13-8-5-9-23-13)26-19(15)25-12-6-3-2-4-7-12/h2-9,14-19,22H,10H2,1H3,(H,20,21)/t14-,15+,16+,17-,18+,19-/m1/s1. The number of aliphatic hydroxyl groups excluding tert-OH is 1. The third kappa shape index (κ3) is 3.84. The van der Waals surface area contributed by atoms with Gasteiger partial charge in [0.15, 0.2) is 5.76 Å². The Labute approximate surface area is 156 Å². The van der Waals surface area contributed by atoms with Crippen LogP contribution < -0.4 is 10.1 Å². The monoisotopic (exact) mass is 375 g/mol. The molecule has 27 heavy (non-hydrogen) atoms. The number of hydrogen-bond donors (Lipinski definition) is 2.